The number of anilines is 1. The number of fused-ring (bicyclic) bond motifs is 1. The fourth-order valence-corrected chi connectivity index (χ4v) is 4.03. The van der Waals surface area contributed by atoms with Gasteiger partial charge in [-0.1, -0.05) is 11.6 Å². The van der Waals surface area contributed by atoms with E-state index in [2.05, 4.69) is 25.4 Å². The first kappa shape index (κ1) is 24.0. The second-order valence-electron chi connectivity index (χ2n) is 8.03. The molecule has 1 aromatic carbocycles. The number of aromatic nitrogens is 5. The van der Waals surface area contributed by atoms with E-state index in [0.29, 0.717) is 43.5 Å². The highest BCUT2D eigenvalue weighted by atomic mass is 35.5. The van der Waals surface area contributed by atoms with Gasteiger partial charge in [-0.25, -0.2) is 9.97 Å². The zero-order chi connectivity index (χ0) is 25.4. The Bertz CT molecular complexity index is 1400. The lowest BCUT2D eigenvalue weighted by atomic mass is 10.2. The van der Waals surface area contributed by atoms with Gasteiger partial charge in [0.15, 0.2) is 17.2 Å². The number of nitrogens with one attached hydrogen (secondary N) is 1. The molecule has 1 aliphatic rings. The number of benzene rings is 1. The largest absolute Gasteiger partial charge is 0.422 e. The number of carbonyl (C=O) groups excluding carboxylic acids is 1. The summed E-state index contributed by atoms with van der Waals surface area (Å²) in [5.41, 5.74) is -0.486. The van der Waals surface area contributed by atoms with E-state index in [-0.39, 0.29) is 28.0 Å². The van der Waals surface area contributed by atoms with Gasteiger partial charge in [0.05, 0.1) is 35.4 Å². The molecule has 0 bridgehead atoms. The maximum Gasteiger partial charge on any atom is 0.416 e. The number of halogens is 4. The Morgan fingerprint density at radius 1 is 1.19 bits per heavy atom. The lowest BCUT2D eigenvalue weighted by Crippen LogP contribution is -2.40. The van der Waals surface area contributed by atoms with Crippen LogP contribution in [0.2, 0.25) is 5.02 Å². The summed E-state index contributed by atoms with van der Waals surface area (Å²) in [6, 6.07) is 4.40. The fraction of sp³-hybridized carbons (Fsp3) is 0.318. The molecule has 36 heavy (non-hydrogen) atoms. The van der Waals surface area contributed by atoms with Gasteiger partial charge in [0.25, 0.3) is 11.9 Å². The number of hydrogen-bond acceptors (Lipinski definition) is 8. The van der Waals surface area contributed by atoms with Crippen LogP contribution in [0.3, 0.4) is 0 Å². The molecule has 0 aliphatic carbocycles. The van der Waals surface area contributed by atoms with E-state index in [0.717, 1.165) is 12.1 Å². The van der Waals surface area contributed by atoms with E-state index < -0.39 is 17.8 Å². The minimum atomic E-state index is -4.57. The molecule has 1 atom stereocenters. The smallest absolute Gasteiger partial charge is 0.416 e. The molecule has 188 valence electrons. The topological polar surface area (TPSA) is 111 Å². The first-order valence-electron chi connectivity index (χ1n) is 10.9. The number of pyridine rings is 1. The number of oxazole rings is 1. The molecule has 5 rings (SSSR count). The summed E-state index contributed by atoms with van der Waals surface area (Å²) in [4.78, 5) is 27.1. The summed E-state index contributed by atoms with van der Waals surface area (Å²) in [5.74, 6) is 0.721. The summed E-state index contributed by atoms with van der Waals surface area (Å²) in [6.45, 7) is 3.79. The Morgan fingerprint density at radius 2 is 1.97 bits per heavy atom. The molecular formula is C22H19ClF3N7O3. The van der Waals surface area contributed by atoms with E-state index in [1.54, 1.807) is 24.0 Å². The van der Waals surface area contributed by atoms with Crippen molar-refractivity contribution < 1.29 is 27.1 Å². The lowest BCUT2D eigenvalue weighted by Gasteiger charge is -2.26. The van der Waals surface area contributed by atoms with Crippen LogP contribution in [0.15, 0.2) is 41.2 Å². The van der Waals surface area contributed by atoms with Gasteiger partial charge in [0.1, 0.15) is 11.8 Å². The van der Waals surface area contributed by atoms with Gasteiger partial charge in [0.2, 0.25) is 0 Å². The molecule has 1 fully saturated rings. The quantitative estimate of drug-likeness (QED) is 0.417. The van der Waals surface area contributed by atoms with Gasteiger partial charge in [-0.15, -0.1) is 0 Å². The highest BCUT2D eigenvalue weighted by molar-refractivity contribution is 6.34. The summed E-state index contributed by atoms with van der Waals surface area (Å²) in [5, 5.41) is 6.96. The van der Waals surface area contributed by atoms with Gasteiger partial charge in [0, 0.05) is 19.3 Å². The Morgan fingerprint density at radius 3 is 2.67 bits per heavy atom. The SMILES string of the molecule is C[C@H](Nc1nc2cc(C(F)(F)F)cc(Cl)c2o1)c1ncnn1-c1ccc(C(=O)N2CCOCC2)cn1. The van der Waals surface area contributed by atoms with Crippen molar-refractivity contribution in [2.45, 2.75) is 19.1 Å². The van der Waals surface area contributed by atoms with Gasteiger partial charge in [-0.3, -0.25) is 4.79 Å². The number of hydrogen-bond donors (Lipinski definition) is 1. The van der Waals surface area contributed by atoms with E-state index >= 15 is 0 Å². The highest BCUT2D eigenvalue weighted by Gasteiger charge is 2.32. The maximum absolute atomic E-state index is 13.1. The molecule has 4 heterocycles. The van der Waals surface area contributed by atoms with Crippen LogP contribution < -0.4 is 5.32 Å². The third-order valence-electron chi connectivity index (χ3n) is 5.58. The predicted molar refractivity (Wildman–Crippen MR) is 122 cm³/mol. The lowest BCUT2D eigenvalue weighted by molar-refractivity contribution is -0.137. The van der Waals surface area contributed by atoms with Crippen molar-refractivity contribution in [3.63, 3.8) is 0 Å². The molecular weight excluding hydrogens is 503 g/mol. The van der Waals surface area contributed by atoms with E-state index in [1.165, 1.54) is 17.2 Å². The number of alkyl halides is 3. The number of nitrogens with zero attached hydrogens (tertiary/aromatic N) is 6. The minimum absolute atomic E-state index is 0.0306. The molecule has 0 radical (unpaired) electrons. The molecule has 0 unspecified atom stereocenters. The van der Waals surface area contributed by atoms with E-state index in [4.69, 9.17) is 20.8 Å². The van der Waals surface area contributed by atoms with Crippen molar-refractivity contribution in [3.05, 3.63) is 58.8 Å². The first-order valence-corrected chi connectivity index (χ1v) is 11.3. The molecule has 1 amide bonds. The highest BCUT2D eigenvalue weighted by Crippen LogP contribution is 2.36. The zero-order valence-electron chi connectivity index (χ0n) is 18.8. The number of rotatable bonds is 5. The first-order chi connectivity index (χ1) is 17.2. The summed E-state index contributed by atoms with van der Waals surface area (Å²) in [7, 11) is 0. The monoisotopic (exact) mass is 521 g/mol. The van der Waals surface area contributed by atoms with Crippen LogP contribution in [-0.2, 0) is 10.9 Å². The number of morpholine rings is 1. The van der Waals surface area contributed by atoms with E-state index in [9.17, 15) is 18.0 Å². The minimum Gasteiger partial charge on any atom is -0.422 e. The Hall–Kier alpha value is -3.71. The summed E-state index contributed by atoms with van der Waals surface area (Å²) < 4.78 is 51.5. The van der Waals surface area contributed by atoms with Crippen LogP contribution >= 0.6 is 11.6 Å². The third-order valence-corrected chi connectivity index (χ3v) is 5.86. The Labute approximate surface area is 207 Å². The number of carbonyl (C=O) groups is 1. The molecule has 1 aliphatic heterocycles. The normalized spacial score (nSPS) is 15.3. The second kappa shape index (κ2) is 9.39. The fourth-order valence-electron chi connectivity index (χ4n) is 3.78. The molecule has 0 spiro atoms. The molecule has 0 saturated carbocycles. The van der Waals surface area contributed by atoms with Gasteiger partial charge < -0.3 is 19.4 Å². The van der Waals surface area contributed by atoms with Crippen molar-refractivity contribution >= 4 is 34.6 Å². The molecule has 4 aromatic rings. The average molecular weight is 522 g/mol. The van der Waals surface area contributed by atoms with Crippen LogP contribution in [0.4, 0.5) is 19.2 Å². The molecule has 10 nitrogen and oxygen atoms in total. The Balaban J connectivity index is 1.35. The number of ether oxygens (including phenoxy) is 1. The molecule has 1 N–H and O–H groups in total. The van der Waals surface area contributed by atoms with Crippen LogP contribution in [0.1, 0.15) is 34.7 Å². The van der Waals surface area contributed by atoms with Gasteiger partial charge in [-0.05, 0) is 31.2 Å². The van der Waals surface area contributed by atoms with Crippen LogP contribution in [0.25, 0.3) is 16.9 Å². The van der Waals surface area contributed by atoms with Crippen molar-refractivity contribution in [3.8, 4) is 5.82 Å². The van der Waals surface area contributed by atoms with E-state index in [1.807, 2.05) is 0 Å². The predicted octanol–water partition coefficient (Wildman–Crippen LogP) is 4.12. The number of amides is 1. The maximum atomic E-state index is 13.1. The third kappa shape index (κ3) is 4.71. The van der Waals surface area contributed by atoms with Crippen molar-refractivity contribution in [1.29, 1.82) is 0 Å². The van der Waals surface area contributed by atoms with Crippen molar-refractivity contribution in [2.75, 3.05) is 31.6 Å². The van der Waals surface area contributed by atoms with Crippen LogP contribution in [0.5, 0.6) is 0 Å². The van der Waals surface area contributed by atoms with Crippen LogP contribution in [0, 0.1) is 0 Å². The molecule has 14 heteroatoms. The average Bonchev–Trinajstić information content (AvgIpc) is 3.51. The Kier molecular flexibility index (Phi) is 6.26. The summed E-state index contributed by atoms with van der Waals surface area (Å²) >= 11 is 5.98. The van der Waals surface area contributed by atoms with Crippen molar-refractivity contribution in [2.24, 2.45) is 0 Å². The van der Waals surface area contributed by atoms with Gasteiger partial charge >= 0.3 is 6.18 Å². The zero-order valence-corrected chi connectivity index (χ0v) is 19.5. The summed E-state index contributed by atoms with van der Waals surface area (Å²) in [6.07, 6.45) is -1.76. The van der Waals surface area contributed by atoms with Crippen molar-refractivity contribution in [1.82, 2.24) is 29.6 Å². The van der Waals surface area contributed by atoms with Crippen LogP contribution in [-0.4, -0.2) is 61.8 Å². The standard InChI is InChI=1S/C22H19ClF3N7O3/c1-12(30-21-31-16-9-14(22(24,25)26)8-15(23)18(16)36-21)19-28-11-29-33(19)17-3-2-13(10-27-17)20(34)32-4-6-35-7-5-32/h2-3,8-12H,4-7H2,1H3,(H,30,31)/t12-/m0/s1. The second-order valence-corrected chi connectivity index (χ2v) is 8.44. The molecule has 3 aromatic heterocycles. The van der Waals surface area contributed by atoms with Gasteiger partial charge in [-0.2, -0.15) is 27.9 Å². The molecule has 1 saturated heterocycles.